The Labute approximate surface area is 240 Å². The van der Waals surface area contributed by atoms with Crippen molar-refractivity contribution in [1.82, 2.24) is 25.5 Å². The second-order valence-corrected chi connectivity index (χ2v) is 10.2. The number of carbonyl (C=O) groups excluding carboxylic acids is 3. The highest BCUT2D eigenvalue weighted by atomic mass is 16.5. The lowest BCUT2D eigenvalue weighted by atomic mass is 10.0. The van der Waals surface area contributed by atoms with Crippen molar-refractivity contribution in [2.24, 2.45) is 11.5 Å². The van der Waals surface area contributed by atoms with Crippen LogP contribution in [-0.2, 0) is 38.6 Å². The maximum absolute atomic E-state index is 14.1. The number of nitrogens with two attached hydrogens (primary N) is 2. The van der Waals surface area contributed by atoms with Gasteiger partial charge in [-0.2, -0.15) is 0 Å². The SMILES string of the molecule is NCCCNC(=O)C1C[C@H](OCc2ccccc2)CN1C(=O)[C@@H](Cc1ccccc1)NC(=O)[C@@H](N)Cc1cnc[nH]1. The number of amides is 3. The zero-order valence-electron chi connectivity index (χ0n) is 23.1. The van der Waals surface area contributed by atoms with Gasteiger partial charge in [0.05, 0.1) is 25.1 Å². The first-order valence-corrected chi connectivity index (χ1v) is 14.0. The number of aromatic amines is 1. The second kappa shape index (κ2) is 15.1. The molecule has 0 saturated carbocycles. The lowest BCUT2D eigenvalue weighted by molar-refractivity contribution is -0.141. The van der Waals surface area contributed by atoms with E-state index in [4.69, 9.17) is 16.2 Å². The van der Waals surface area contributed by atoms with Crippen molar-refractivity contribution >= 4 is 17.7 Å². The van der Waals surface area contributed by atoms with Crippen molar-refractivity contribution in [2.45, 2.75) is 56.5 Å². The predicted molar refractivity (Wildman–Crippen MR) is 154 cm³/mol. The normalized spacial score (nSPS) is 18.0. The van der Waals surface area contributed by atoms with Crippen LogP contribution in [-0.4, -0.2) is 76.5 Å². The van der Waals surface area contributed by atoms with Gasteiger partial charge in [0.1, 0.15) is 12.1 Å². The van der Waals surface area contributed by atoms with Crippen LogP contribution in [0.2, 0.25) is 0 Å². The number of ether oxygens (including phenoxy) is 1. The highest BCUT2D eigenvalue weighted by molar-refractivity contribution is 5.93. The molecule has 3 aromatic rings. The monoisotopic (exact) mass is 561 g/mol. The fourth-order valence-corrected chi connectivity index (χ4v) is 4.88. The van der Waals surface area contributed by atoms with E-state index in [0.717, 1.165) is 11.1 Å². The summed E-state index contributed by atoms with van der Waals surface area (Å²) in [5.41, 5.74) is 14.4. The van der Waals surface area contributed by atoms with Crippen molar-refractivity contribution in [3.05, 3.63) is 90.0 Å². The third kappa shape index (κ3) is 8.71. The Kier molecular flexibility index (Phi) is 11.0. The highest BCUT2D eigenvalue weighted by Crippen LogP contribution is 2.24. The molecule has 1 saturated heterocycles. The summed E-state index contributed by atoms with van der Waals surface area (Å²) in [6.07, 6.45) is 4.23. The second-order valence-electron chi connectivity index (χ2n) is 10.2. The van der Waals surface area contributed by atoms with Crippen LogP contribution in [0.1, 0.15) is 29.7 Å². The molecule has 41 heavy (non-hydrogen) atoms. The molecule has 11 nitrogen and oxygen atoms in total. The van der Waals surface area contributed by atoms with Crippen LogP contribution >= 0.6 is 0 Å². The van der Waals surface area contributed by atoms with Crippen molar-refractivity contribution in [1.29, 1.82) is 0 Å². The molecule has 2 heterocycles. The zero-order chi connectivity index (χ0) is 29.0. The van der Waals surface area contributed by atoms with Crippen LogP contribution in [0.5, 0.6) is 0 Å². The van der Waals surface area contributed by atoms with E-state index < -0.39 is 24.0 Å². The Balaban J connectivity index is 1.51. The third-order valence-electron chi connectivity index (χ3n) is 7.09. The van der Waals surface area contributed by atoms with Crippen LogP contribution in [0.3, 0.4) is 0 Å². The molecule has 1 aromatic heterocycles. The Bertz CT molecular complexity index is 1240. The van der Waals surface area contributed by atoms with E-state index in [1.165, 1.54) is 11.2 Å². The molecule has 11 heteroatoms. The number of H-pyrrole nitrogens is 1. The number of carbonyl (C=O) groups is 3. The fourth-order valence-electron chi connectivity index (χ4n) is 4.88. The number of nitrogens with one attached hydrogen (secondary N) is 3. The van der Waals surface area contributed by atoms with Gasteiger partial charge >= 0.3 is 0 Å². The van der Waals surface area contributed by atoms with Gasteiger partial charge in [-0.15, -0.1) is 0 Å². The van der Waals surface area contributed by atoms with Crippen molar-refractivity contribution in [3.63, 3.8) is 0 Å². The number of rotatable bonds is 14. The molecule has 7 N–H and O–H groups in total. The first-order chi connectivity index (χ1) is 19.9. The van der Waals surface area contributed by atoms with Gasteiger partial charge in [-0.3, -0.25) is 14.4 Å². The molecule has 2 aromatic carbocycles. The topological polar surface area (TPSA) is 168 Å². The van der Waals surface area contributed by atoms with E-state index in [1.54, 1.807) is 6.20 Å². The standard InChI is InChI=1S/C30H39N7O4/c31-12-7-13-34-29(39)27-16-24(41-19-22-10-5-2-6-11-22)18-37(27)30(40)26(14-21-8-3-1-4-9-21)36-28(38)25(32)15-23-17-33-20-35-23/h1-6,8-11,17,20,24-27H,7,12-16,18-19,31-32H2,(H,33,35)(H,34,39)(H,36,38)/t24-,25-,26+,27?/m0/s1. The Hall–Kier alpha value is -4.06. The van der Waals surface area contributed by atoms with E-state index in [0.29, 0.717) is 38.2 Å². The number of likely N-dealkylation sites (tertiary alicyclic amines) is 1. The molecule has 4 rings (SSSR count). The van der Waals surface area contributed by atoms with Gasteiger partial charge in [0.2, 0.25) is 17.7 Å². The lowest BCUT2D eigenvalue weighted by Crippen LogP contribution is -2.56. The first-order valence-electron chi connectivity index (χ1n) is 14.0. The minimum Gasteiger partial charge on any atom is -0.372 e. The Morgan fingerprint density at radius 3 is 2.41 bits per heavy atom. The molecule has 1 unspecified atom stereocenters. The fraction of sp³-hybridized carbons (Fsp3) is 0.400. The number of hydrogen-bond donors (Lipinski definition) is 5. The van der Waals surface area contributed by atoms with Crippen LogP contribution in [0.4, 0.5) is 0 Å². The largest absolute Gasteiger partial charge is 0.372 e. The average Bonchev–Trinajstić information content (AvgIpc) is 3.67. The Morgan fingerprint density at radius 1 is 1.05 bits per heavy atom. The summed E-state index contributed by atoms with van der Waals surface area (Å²) in [7, 11) is 0. The summed E-state index contributed by atoms with van der Waals surface area (Å²) < 4.78 is 6.14. The lowest BCUT2D eigenvalue weighted by Gasteiger charge is -2.29. The van der Waals surface area contributed by atoms with Crippen molar-refractivity contribution < 1.29 is 19.1 Å². The molecule has 3 amide bonds. The molecule has 0 spiro atoms. The highest BCUT2D eigenvalue weighted by Gasteiger charge is 2.42. The molecule has 1 fully saturated rings. The molecule has 0 aliphatic carbocycles. The van der Waals surface area contributed by atoms with Crippen LogP contribution in [0.15, 0.2) is 73.2 Å². The summed E-state index contributed by atoms with van der Waals surface area (Å²) in [5.74, 6) is -1.09. The molecule has 1 aliphatic heterocycles. The minimum atomic E-state index is -0.926. The molecular formula is C30H39N7O4. The van der Waals surface area contributed by atoms with Gasteiger partial charge in [0, 0.05) is 44.2 Å². The maximum atomic E-state index is 14.1. The van der Waals surface area contributed by atoms with Gasteiger partial charge in [0.15, 0.2) is 0 Å². The smallest absolute Gasteiger partial charge is 0.246 e. The molecule has 0 bridgehead atoms. The van der Waals surface area contributed by atoms with Crippen LogP contribution < -0.4 is 22.1 Å². The van der Waals surface area contributed by atoms with Crippen LogP contribution in [0.25, 0.3) is 0 Å². The summed E-state index contributed by atoms with van der Waals surface area (Å²) >= 11 is 0. The van der Waals surface area contributed by atoms with Gasteiger partial charge < -0.3 is 36.7 Å². The third-order valence-corrected chi connectivity index (χ3v) is 7.09. The number of imidazole rings is 1. The zero-order valence-corrected chi connectivity index (χ0v) is 23.1. The van der Waals surface area contributed by atoms with Crippen molar-refractivity contribution in [2.75, 3.05) is 19.6 Å². The number of benzene rings is 2. The average molecular weight is 562 g/mol. The quantitative estimate of drug-likeness (QED) is 0.180. The van der Waals surface area contributed by atoms with Gasteiger partial charge in [-0.1, -0.05) is 60.7 Å². The predicted octanol–water partition coefficient (Wildman–Crippen LogP) is 0.658. The summed E-state index contributed by atoms with van der Waals surface area (Å²) in [5, 5.41) is 5.75. The van der Waals surface area contributed by atoms with E-state index in [-0.39, 0.29) is 37.3 Å². The summed E-state index contributed by atoms with van der Waals surface area (Å²) in [4.78, 5) is 48.9. The van der Waals surface area contributed by atoms with Gasteiger partial charge in [-0.25, -0.2) is 4.98 Å². The van der Waals surface area contributed by atoms with Gasteiger partial charge in [-0.05, 0) is 24.1 Å². The summed E-state index contributed by atoms with van der Waals surface area (Å²) in [6, 6.07) is 16.6. The van der Waals surface area contributed by atoms with E-state index >= 15 is 0 Å². The molecule has 218 valence electrons. The van der Waals surface area contributed by atoms with Crippen molar-refractivity contribution in [3.8, 4) is 0 Å². The molecular weight excluding hydrogens is 522 g/mol. The number of aromatic nitrogens is 2. The Morgan fingerprint density at radius 2 is 1.76 bits per heavy atom. The van der Waals surface area contributed by atoms with Crippen LogP contribution in [0, 0.1) is 0 Å². The number of nitrogens with zero attached hydrogens (tertiary/aromatic N) is 2. The van der Waals surface area contributed by atoms with E-state index in [1.807, 2.05) is 60.7 Å². The van der Waals surface area contributed by atoms with E-state index in [2.05, 4.69) is 20.6 Å². The first kappa shape index (κ1) is 29.9. The molecule has 1 aliphatic rings. The molecule has 0 radical (unpaired) electrons. The minimum absolute atomic E-state index is 0.224. The molecule has 4 atom stereocenters. The van der Waals surface area contributed by atoms with E-state index in [9.17, 15) is 14.4 Å². The summed E-state index contributed by atoms with van der Waals surface area (Å²) in [6.45, 7) is 1.44. The van der Waals surface area contributed by atoms with Gasteiger partial charge in [0.25, 0.3) is 0 Å². The maximum Gasteiger partial charge on any atom is 0.246 e. The number of hydrogen-bond acceptors (Lipinski definition) is 7.